The van der Waals surface area contributed by atoms with Gasteiger partial charge >= 0.3 is 12.1 Å². The summed E-state index contributed by atoms with van der Waals surface area (Å²) in [6, 6.07) is 0. The second kappa shape index (κ2) is 6.60. The lowest BCUT2D eigenvalue weighted by Gasteiger charge is -2.19. The molecule has 106 valence electrons. The van der Waals surface area contributed by atoms with E-state index in [-0.39, 0.29) is 12.6 Å². The lowest BCUT2D eigenvalue weighted by atomic mass is 10.2. The molecule has 0 bridgehead atoms. The minimum absolute atomic E-state index is 0.0508. The van der Waals surface area contributed by atoms with Gasteiger partial charge in [0.2, 0.25) is 0 Å². The molecule has 0 N–H and O–H groups in total. The molecule has 0 atom stereocenters. The number of aromatic nitrogens is 2. The van der Waals surface area contributed by atoms with Gasteiger partial charge in [-0.1, -0.05) is 0 Å². The molecule has 0 unspecified atom stereocenters. The Balaban J connectivity index is 2.53. The normalized spacial score (nSPS) is 11.2. The number of hydrogen-bond donors (Lipinski definition) is 0. The highest BCUT2D eigenvalue weighted by atomic mass is 32.2. The molecule has 1 aromatic heterocycles. The summed E-state index contributed by atoms with van der Waals surface area (Å²) in [5.74, 6) is -0.00780. The van der Waals surface area contributed by atoms with Crippen molar-refractivity contribution >= 4 is 23.8 Å². The third kappa shape index (κ3) is 5.78. The molecule has 0 aliphatic heterocycles. The zero-order valence-electron chi connectivity index (χ0n) is 11.5. The molecule has 0 amide bonds. The van der Waals surface area contributed by atoms with Crippen molar-refractivity contribution in [2.75, 3.05) is 12.0 Å². The summed E-state index contributed by atoms with van der Waals surface area (Å²) in [6.07, 6.45) is 4.13. The van der Waals surface area contributed by atoms with Gasteiger partial charge in [0.1, 0.15) is 18.5 Å². The molecule has 0 fully saturated rings. The molecular formula is C12H18N2O4S. The molecule has 0 saturated carbocycles. The molecule has 0 aliphatic rings. The van der Waals surface area contributed by atoms with E-state index in [1.807, 2.05) is 6.26 Å². The molecule has 0 radical (unpaired) electrons. The predicted molar refractivity (Wildman–Crippen MR) is 72.0 cm³/mol. The van der Waals surface area contributed by atoms with E-state index in [4.69, 9.17) is 9.47 Å². The van der Waals surface area contributed by atoms with E-state index in [2.05, 4.69) is 4.98 Å². The molecule has 6 nitrogen and oxygen atoms in total. The molecule has 19 heavy (non-hydrogen) atoms. The molecule has 1 rings (SSSR count). The standard InChI is InChI=1S/C12H18N2O4S/c1-12(2,3)18-11(16)14-5-9(13-8-14)6-17-10(15)7-19-4/h5,8H,6-7H2,1-4H3. The minimum atomic E-state index is -0.563. The summed E-state index contributed by atoms with van der Waals surface area (Å²) < 4.78 is 11.4. The number of imidazole rings is 1. The van der Waals surface area contributed by atoms with Crippen molar-refractivity contribution in [2.24, 2.45) is 0 Å². The third-order valence-electron chi connectivity index (χ3n) is 1.88. The molecule has 0 aromatic carbocycles. The summed E-state index contributed by atoms with van der Waals surface area (Å²) in [6.45, 7) is 5.40. The van der Waals surface area contributed by atoms with Crippen LogP contribution in [0.5, 0.6) is 0 Å². The monoisotopic (exact) mass is 286 g/mol. The van der Waals surface area contributed by atoms with Crippen LogP contribution in [0, 0.1) is 0 Å². The Kier molecular flexibility index (Phi) is 5.41. The highest BCUT2D eigenvalue weighted by molar-refractivity contribution is 7.99. The van der Waals surface area contributed by atoms with Gasteiger partial charge in [-0.2, -0.15) is 11.8 Å². The van der Waals surface area contributed by atoms with Crippen molar-refractivity contribution in [3.8, 4) is 0 Å². The Morgan fingerprint density at radius 1 is 1.42 bits per heavy atom. The van der Waals surface area contributed by atoms with Crippen LogP contribution in [-0.4, -0.2) is 39.2 Å². The van der Waals surface area contributed by atoms with E-state index in [1.165, 1.54) is 28.9 Å². The fourth-order valence-electron chi connectivity index (χ4n) is 1.17. The van der Waals surface area contributed by atoms with Crippen LogP contribution in [0.15, 0.2) is 12.5 Å². The number of nitrogens with zero attached hydrogens (tertiary/aromatic N) is 2. The topological polar surface area (TPSA) is 70.4 Å². The van der Waals surface area contributed by atoms with Crippen LogP contribution >= 0.6 is 11.8 Å². The van der Waals surface area contributed by atoms with Crippen LogP contribution in [0.4, 0.5) is 4.79 Å². The Morgan fingerprint density at radius 2 is 2.11 bits per heavy atom. The van der Waals surface area contributed by atoms with Gasteiger partial charge in [0.25, 0.3) is 0 Å². The summed E-state index contributed by atoms with van der Waals surface area (Å²) >= 11 is 1.39. The second-order valence-corrected chi connectivity index (χ2v) is 5.71. The van der Waals surface area contributed by atoms with Crippen molar-refractivity contribution in [2.45, 2.75) is 33.0 Å². The third-order valence-corrected chi connectivity index (χ3v) is 2.41. The quantitative estimate of drug-likeness (QED) is 0.789. The van der Waals surface area contributed by atoms with Crippen LogP contribution in [0.1, 0.15) is 26.5 Å². The fourth-order valence-corrected chi connectivity index (χ4v) is 1.49. The van der Waals surface area contributed by atoms with Crippen LogP contribution in [0.3, 0.4) is 0 Å². The number of hydrogen-bond acceptors (Lipinski definition) is 6. The van der Waals surface area contributed by atoms with Gasteiger partial charge in [-0.15, -0.1) is 0 Å². The first-order chi connectivity index (χ1) is 8.81. The molecule has 1 aromatic rings. The van der Waals surface area contributed by atoms with Gasteiger partial charge in [0.15, 0.2) is 0 Å². The Morgan fingerprint density at radius 3 is 2.68 bits per heavy atom. The summed E-state index contributed by atoms with van der Waals surface area (Å²) in [5.41, 5.74) is -0.0629. The maximum Gasteiger partial charge on any atom is 0.419 e. The largest absolute Gasteiger partial charge is 0.458 e. The Labute approximate surface area is 116 Å². The molecule has 0 aliphatic carbocycles. The van der Waals surface area contributed by atoms with Gasteiger partial charge in [-0.3, -0.25) is 4.79 Å². The van der Waals surface area contributed by atoms with Gasteiger partial charge in [0, 0.05) is 6.20 Å². The van der Waals surface area contributed by atoms with Crippen LogP contribution in [0.25, 0.3) is 0 Å². The smallest absolute Gasteiger partial charge is 0.419 e. The maximum absolute atomic E-state index is 11.7. The van der Waals surface area contributed by atoms with Crippen LogP contribution < -0.4 is 0 Å². The first-order valence-corrected chi connectivity index (χ1v) is 7.12. The molecule has 7 heteroatoms. The number of rotatable bonds is 4. The van der Waals surface area contributed by atoms with Crippen molar-refractivity contribution < 1.29 is 19.1 Å². The van der Waals surface area contributed by atoms with Crippen LogP contribution in [0.2, 0.25) is 0 Å². The molecule has 0 saturated heterocycles. The lowest BCUT2D eigenvalue weighted by Crippen LogP contribution is -2.26. The average molecular weight is 286 g/mol. The Bertz CT molecular complexity index is 451. The van der Waals surface area contributed by atoms with E-state index >= 15 is 0 Å². The Hall–Kier alpha value is -1.50. The molecular weight excluding hydrogens is 268 g/mol. The predicted octanol–water partition coefficient (Wildman–Crippen LogP) is 2.07. The number of ether oxygens (including phenoxy) is 2. The summed E-state index contributed by atoms with van der Waals surface area (Å²) in [4.78, 5) is 26.9. The van der Waals surface area contributed by atoms with Gasteiger partial charge in [-0.05, 0) is 27.0 Å². The SMILES string of the molecule is CSCC(=O)OCc1cn(C(=O)OC(C)(C)C)cn1. The van der Waals surface area contributed by atoms with Crippen LogP contribution in [-0.2, 0) is 20.9 Å². The number of thioether (sulfide) groups is 1. The number of carbonyl (C=O) groups excluding carboxylic acids is 2. The maximum atomic E-state index is 11.7. The lowest BCUT2D eigenvalue weighted by molar-refractivity contribution is -0.141. The summed E-state index contributed by atoms with van der Waals surface area (Å²) in [5, 5.41) is 0. The van der Waals surface area contributed by atoms with Gasteiger partial charge < -0.3 is 9.47 Å². The van der Waals surface area contributed by atoms with E-state index in [9.17, 15) is 9.59 Å². The average Bonchev–Trinajstić information content (AvgIpc) is 2.73. The van der Waals surface area contributed by atoms with E-state index < -0.39 is 11.7 Å². The van der Waals surface area contributed by atoms with Crippen molar-refractivity contribution in [3.63, 3.8) is 0 Å². The highest BCUT2D eigenvalue weighted by Crippen LogP contribution is 2.09. The van der Waals surface area contributed by atoms with E-state index in [0.29, 0.717) is 11.4 Å². The van der Waals surface area contributed by atoms with E-state index in [0.717, 1.165) is 0 Å². The molecule has 1 heterocycles. The minimum Gasteiger partial charge on any atom is -0.458 e. The first-order valence-electron chi connectivity index (χ1n) is 5.72. The van der Waals surface area contributed by atoms with Gasteiger partial charge in [0.05, 0.1) is 11.4 Å². The number of carbonyl (C=O) groups is 2. The van der Waals surface area contributed by atoms with Gasteiger partial charge in [-0.25, -0.2) is 14.3 Å². The highest BCUT2D eigenvalue weighted by Gasteiger charge is 2.18. The molecule has 0 spiro atoms. The summed E-state index contributed by atoms with van der Waals surface area (Å²) in [7, 11) is 0. The number of esters is 1. The van der Waals surface area contributed by atoms with E-state index in [1.54, 1.807) is 20.8 Å². The fraction of sp³-hybridized carbons (Fsp3) is 0.583. The second-order valence-electron chi connectivity index (χ2n) is 4.85. The first kappa shape index (κ1) is 15.6. The van der Waals surface area contributed by atoms with Crippen molar-refractivity contribution in [3.05, 3.63) is 18.2 Å². The van der Waals surface area contributed by atoms with Crippen molar-refractivity contribution in [1.82, 2.24) is 9.55 Å². The van der Waals surface area contributed by atoms with Crippen molar-refractivity contribution in [1.29, 1.82) is 0 Å². The zero-order chi connectivity index (χ0) is 14.5. The zero-order valence-corrected chi connectivity index (χ0v) is 12.3.